The van der Waals surface area contributed by atoms with Gasteiger partial charge in [-0.2, -0.15) is 5.10 Å². The molecule has 2 amide bonds. The lowest BCUT2D eigenvalue weighted by Crippen LogP contribution is -2.54. The highest BCUT2D eigenvalue weighted by Crippen LogP contribution is 2.45. The number of aromatic nitrogens is 3. The van der Waals surface area contributed by atoms with Crippen LogP contribution in [0.5, 0.6) is 0 Å². The Labute approximate surface area is 247 Å². The van der Waals surface area contributed by atoms with Crippen molar-refractivity contribution in [1.82, 2.24) is 19.7 Å². The maximum Gasteiger partial charge on any atom is 0.412 e. The molecular formula is C28H32ClF2N5O5Si. The van der Waals surface area contributed by atoms with Crippen LogP contribution in [0.1, 0.15) is 46.5 Å². The predicted octanol–water partition coefficient (Wildman–Crippen LogP) is 5.30. The van der Waals surface area contributed by atoms with Crippen molar-refractivity contribution in [2.24, 2.45) is 0 Å². The fraction of sp³-hybridized carbons (Fsp3) is 0.429. The van der Waals surface area contributed by atoms with Gasteiger partial charge in [-0.05, 0) is 48.7 Å². The van der Waals surface area contributed by atoms with Crippen molar-refractivity contribution in [1.29, 1.82) is 0 Å². The van der Waals surface area contributed by atoms with Crippen molar-refractivity contribution in [3.05, 3.63) is 75.8 Å². The molecule has 1 aromatic heterocycles. The van der Waals surface area contributed by atoms with Gasteiger partial charge in [-0.1, -0.05) is 43.4 Å². The first-order chi connectivity index (χ1) is 19.9. The molecule has 2 aliphatic heterocycles. The predicted molar refractivity (Wildman–Crippen MR) is 153 cm³/mol. The van der Waals surface area contributed by atoms with E-state index < -0.39 is 43.4 Å². The van der Waals surface area contributed by atoms with Gasteiger partial charge in [0.2, 0.25) is 5.82 Å². The number of carbonyl (C=O) groups excluding carboxylic acids is 2. The highest BCUT2D eigenvalue weighted by molar-refractivity contribution is 6.76. The summed E-state index contributed by atoms with van der Waals surface area (Å²) in [6, 6.07) is 8.96. The quantitative estimate of drug-likeness (QED) is 0.260. The van der Waals surface area contributed by atoms with E-state index in [1.54, 1.807) is 0 Å². The van der Waals surface area contributed by atoms with E-state index in [1.165, 1.54) is 46.0 Å². The lowest BCUT2D eigenvalue weighted by atomic mass is 9.83. The number of nitrogens with one attached hydrogen (secondary N) is 1. The van der Waals surface area contributed by atoms with Crippen LogP contribution in [0.2, 0.25) is 30.7 Å². The fourth-order valence-electron chi connectivity index (χ4n) is 5.14. The molecule has 2 aromatic carbocycles. The van der Waals surface area contributed by atoms with Crippen molar-refractivity contribution >= 4 is 37.4 Å². The van der Waals surface area contributed by atoms with E-state index in [-0.39, 0.29) is 54.2 Å². The number of amides is 2. The fourth-order valence-corrected chi connectivity index (χ4v) is 6.05. The maximum absolute atomic E-state index is 15.3. The summed E-state index contributed by atoms with van der Waals surface area (Å²) in [5.74, 6) is -1.93. The van der Waals surface area contributed by atoms with Crippen LogP contribution in [0.4, 0.5) is 19.3 Å². The first-order valence-electron chi connectivity index (χ1n) is 13.6. The van der Waals surface area contributed by atoms with Crippen LogP contribution in [0.3, 0.4) is 0 Å². The van der Waals surface area contributed by atoms with Crippen molar-refractivity contribution in [2.75, 3.05) is 25.0 Å². The Hall–Kier alpha value is -3.39. The Balaban J connectivity index is 1.46. The normalized spacial score (nSPS) is 19.3. The molecule has 3 heterocycles. The van der Waals surface area contributed by atoms with Gasteiger partial charge < -0.3 is 19.5 Å². The highest BCUT2D eigenvalue weighted by Gasteiger charge is 2.49. The molecule has 10 nitrogen and oxygen atoms in total. The van der Waals surface area contributed by atoms with Gasteiger partial charge in [0.15, 0.2) is 17.2 Å². The number of hydrogen-bond donors (Lipinski definition) is 2. The second-order valence-corrected chi connectivity index (χ2v) is 17.7. The lowest BCUT2D eigenvalue weighted by molar-refractivity contribution is -0.0424. The van der Waals surface area contributed by atoms with Crippen LogP contribution in [-0.4, -0.2) is 64.5 Å². The zero-order valence-corrected chi connectivity index (χ0v) is 25.3. The van der Waals surface area contributed by atoms with E-state index in [0.29, 0.717) is 18.6 Å². The van der Waals surface area contributed by atoms with Gasteiger partial charge in [0, 0.05) is 21.2 Å². The van der Waals surface area contributed by atoms with Crippen molar-refractivity contribution in [3.63, 3.8) is 0 Å². The van der Waals surface area contributed by atoms with Crippen LogP contribution >= 0.6 is 11.6 Å². The Morgan fingerprint density at radius 3 is 2.69 bits per heavy atom. The summed E-state index contributed by atoms with van der Waals surface area (Å²) in [6.07, 6.45) is -1.42. The number of fused-ring (bicyclic) bond motifs is 2. The molecule has 2 atom stereocenters. The molecule has 0 saturated carbocycles. The zero-order valence-electron chi connectivity index (χ0n) is 23.5. The van der Waals surface area contributed by atoms with Crippen LogP contribution in [0.25, 0.3) is 0 Å². The maximum atomic E-state index is 15.3. The van der Waals surface area contributed by atoms with E-state index in [9.17, 15) is 19.1 Å². The van der Waals surface area contributed by atoms with Crippen molar-refractivity contribution in [2.45, 2.75) is 57.0 Å². The SMILES string of the molecule is C[Si](C)(C)CCOCn1nc(C(O)c2ccc(F)cc2)nc1C(=O)N1CCC[C@@]2(C1)OC(=O)Nc1ccc(Cl)c(F)c12. The number of hydrogen-bond acceptors (Lipinski definition) is 7. The minimum atomic E-state index is -1.46. The molecule has 3 aromatic rings. The van der Waals surface area contributed by atoms with Gasteiger partial charge in [-0.3, -0.25) is 10.1 Å². The number of carbonyl (C=O) groups is 2. The number of nitrogens with zero attached hydrogens (tertiary/aromatic N) is 4. The van der Waals surface area contributed by atoms with Gasteiger partial charge in [0.1, 0.15) is 18.7 Å². The van der Waals surface area contributed by atoms with Gasteiger partial charge in [0.05, 0.1) is 22.8 Å². The van der Waals surface area contributed by atoms with Crippen LogP contribution in [0, 0.1) is 11.6 Å². The summed E-state index contributed by atoms with van der Waals surface area (Å²) in [6.45, 7) is 7.12. The number of anilines is 1. The molecule has 5 rings (SSSR count). The average Bonchev–Trinajstić information content (AvgIpc) is 3.36. The molecule has 14 heteroatoms. The standard InChI is InChI=1S/C28H32ClF2N5O5Si/c1-42(2,3)14-13-40-16-36-25(33-24(34-36)23(37)17-5-7-18(30)8-6-17)26(38)35-12-4-11-28(15-35)21-20(32-27(39)41-28)10-9-19(29)22(21)31/h5-10,23,37H,4,11-16H2,1-3H3,(H,32,39)/t23?,28-/m0/s1. The van der Waals surface area contributed by atoms with Gasteiger partial charge in [-0.25, -0.2) is 23.2 Å². The number of likely N-dealkylation sites (tertiary alicyclic amines) is 1. The number of rotatable bonds is 8. The molecule has 1 saturated heterocycles. The highest BCUT2D eigenvalue weighted by atomic mass is 35.5. The second kappa shape index (κ2) is 11.7. The molecule has 1 fully saturated rings. The number of benzene rings is 2. The Kier molecular flexibility index (Phi) is 8.38. The molecule has 1 spiro atoms. The molecule has 2 aliphatic rings. The van der Waals surface area contributed by atoms with E-state index >= 15 is 4.39 Å². The van der Waals surface area contributed by atoms with Gasteiger partial charge in [-0.15, -0.1) is 0 Å². The van der Waals surface area contributed by atoms with E-state index in [2.05, 4.69) is 35.0 Å². The number of halogens is 3. The lowest BCUT2D eigenvalue weighted by Gasteiger charge is -2.45. The third-order valence-electron chi connectivity index (χ3n) is 7.34. The van der Waals surface area contributed by atoms with Crippen LogP contribution < -0.4 is 5.32 Å². The van der Waals surface area contributed by atoms with E-state index in [0.717, 1.165) is 6.04 Å². The summed E-state index contributed by atoms with van der Waals surface area (Å²) in [5, 5.41) is 17.7. The monoisotopic (exact) mass is 619 g/mol. The Morgan fingerprint density at radius 1 is 1.24 bits per heavy atom. The molecule has 1 unspecified atom stereocenters. The summed E-state index contributed by atoms with van der Waals surface area (Å²) in [7, 11) is -1.39. The minimum Gasteiger partial charge on any atom is -0.436 e. The molecule has 0 radical (unpaired) electrons. The number of aliphatic hydroxyl groups excluding tert-OH is 1. The Morgan fingerprint density at radius 2 is 1.98 bits per heavy atom. The number of ether oxygens (including phenoxy) is 2. The minimum absolute atomic E-state index is 0.0676. The molecule has 0 aliphatic carbocycles. The second-order valence-electron chi connectivity index (χ2n) is 11.7. The van der Waals surface area contributed by atoms with Crippen LogP contribution in [0.15, 0.2) is 36.4 Å². The molecule has 42 heavy (non-hydrogen) atoms. The largest absolute Gasteiger partial charge is 0.436 e. The Bertz CT molecular complexity index is 1500. The molecule has 0 bridgehead atoms. The number of piperidine rings is 1. The molecule has 224 valence electrons. The van der Waals surface area contributed by atoms with E-state index in [1.807, 2.05) is 0 Å². The van der Waals surface area contributed by atoms with Crippen molar-refractivity contribution in [3.8, 4) is 0 Å². The first kappa shape index (κ1) is 30.1. The topological polar surface area (TPSA) is 119 Å². The van der Waals surface area contributed by atoms with Crippen molar-refractivity contribution < 1.29 is 33.0 Å². The summed E-state index contributed by atoms with van der Waals surface area (Å²) < 4.78 is 41.6. The summed E-state index contributed by atoms with van der Waals surface area (Å²) in [5.41, 5.74) is -0.813. The third-order valence-corrected chi connectivity index (χ3v) is 9.33. The zero-order chi connectivity index (χ0) is 30.2. The van der Waals surface area contributed by atoms with Gasteiger partial charge >= 0.3 is 6.09 Å². The molecular weight excluding hydrogens is 588 g/mol. The first-order valence-corrected chi connectivity index (χ1v) is 17.7. The average molecular weight is 620 g/mol. The van der Waals surface area contributed by atoms with Gasteiger partial charge in [0.25, 0.3) is 5.91 Å². The van der Waals surface area contributed by atoms with E-state index in [4.69, 9.17) is 21.1 Å². The van der Waals surface area contributed by atoms with Crippen LogP contribution in [-0.2, 0) is 21.8 Å². The smallest absolute Gasteiger partial charge is 0.412 e. The number of aliphatic hydroxyl groups is 1. The summed E-state index contributed by atoms with van der Waals surface area (Å²) >= 11 is 6.08. The molecule has 2 N–H and O–H groups in total. The third kappa shape index (κ3) is 6.19. The summed E-state index contributed by atoms with van der Waals surface area (Å²) in [4.78, 5) is 32.2.